The van der Waals surface area contributed by atoms with Crippen molar-refractivity contribution >= 4 is 32.0 Å². The fraction of sp³-hybridized carbons (Fsp3) is 0.261. The maximum Gasteiger partial charge on any atom is 0.242 e. The van der Waals surface area contributed by atoms with Crippen molar-refractivity contribution in [3.8, 4) is 6.07 Å². The van der Waals surface area contributed by atoms with Crippen LogP contribution in [0.5, 0.6) is 0 Å². The van der Waals surface area contributed by atoms with E-state index in [0.717, 1.165) is 17.8 Å². The van der Waals surface area contributed by atoms with Crippen molar-refractivity contribution in [3.63, 3.8) is 0 Å². The van der Waals surface area contributed by atoms with Gasteiger partial charge in [0.2, 0.25) is 15.5 Å². The maximum absolute atomic E-state index is 12.6. The number of aromatic nitrogens is 3. The van der Waals surface area contributed by atoms with Gasteiger partial charge in [-0.15, -0.1) is 0 Å². The molecule has 0 spiro atoms. The first-order valence-corrected chi connectivity index (χ1v) is 11.7. The van der Waals surface area contributed by atoms with Gasteiger partial charge in [0.25, 0.3) is 0 Å². The number of para-hydroxylation sites is 1. The highest BCUT2D eigenvalue weighted by atomic mass is 32.2. The summed E-state index contributed by atoms with van der Waals surface area (Å²) in [6, 6.07) is 14.1. The minimum atomic E-state index is -3.58. The highest BCUT2D eigenvalue weighted by Gasteiger charge is 2.20. The van der Waals surface area contributed by atoms with Crippen LogP contribution in [0.4, 0.5) is 0 Å². The summed E-state index contributed by atoms with van der Waals surface area (Å²) < 4.78 is 30.2. The predicted octanol–water partition coefficient (Wildman–Crippen LogP) is 2.93. The molecule has 2 heterocycles. The number of benzene rings is 2. The molecule has 8 nitrogen and oxygen atoms in total. The first kappa shape index (κ1) is 21.7. The van der Waals surface area contributed by atoms with Gasteiger partial charge in [-0.2, -0.15) is 5.26 Å². The van der Waals surface area contributed by atoms with E-state index in [9.17, 15) is 18.5 Å². The van der Waals surface area contributed by atoms with Crippen molar-refractivity contribution in [2.45, 2.75) is 31.3 Å². The summed E-state index contributed by atoms with van der Waals surface area (Å²) in [5, 5.41) is 9.90. The molecule has 0 fully saturated rings. The second-order valence-electron chi connectivity index (χ2n) is 7.75. The van der Waals surface area contributed by atoms with Crippen LogP contribution in [-0.4, -0.2) is 40.9 Å². The van der Waals surface area contributed by atoms with E-state index in [1.165, 1.54) is 18.4 Å². The van der Waals surface area contributed by atoms with Gasteiger partial charge in [0.15, 0.2) is 0 Å². The summed E-state index contributed by atoms with van der Waals surface area (Å²) in [7, 11) is -0.588. The molecule has 32 heavy (non-hydrogen) atoms. The zero-order valence-electron chi connectivity index (χ0n) is 18.1. The molecule has 2 aromatic heterocycles. The fourth-order valence-corrected chi connectivity index (χ4v) is 4.75. The van der Waals surface area contributed by atoms with Crippen LogP contribution >= 0.6 is 0 Å². The van der Waals surface area contributed by atoms with Gasteiger partial charge in [0, 0.05) is 32.2 Å². The van der Waals surface area contributed by atoms with Crippen LogP contribution in [-0.2, 0) is 23.1 Å². The van der Waals surface area contributed by atoms with Crippen molar-refractivity contribution < 1.29 is 8.42 Å². The summed E-state index contributed by atoms with van der Waals surface area (Å²) in [5.41, 5.74) is 1.91. The molecule has 0 bridgehead atoms. The SMILES string of the molecule is CCCn1c(Cn2cc(C#N)c(=O)c3ccccc32)nc2cc(S(=O)(=O)N(C)C)ccc21. The van der Waals surface area contributed by atoms with Crippen molar-refractivity contribution in [2.75, 3.05) is 14.1 Å². The Morgan fingerprint density at radius 1 is 1.12 bits per heavy atom. The van der Waals surface area contributed by atoms with Gasteiger partial charge in [0.05, 0.1) is 28.0 Å². The lowest BCUT2D eigenvalue weighted by atomic mass is 10.1. The van der Waals surface area contributed by atoms with Crippen LogP contribution in [0, 0.1) is 11.3 Å². The lowest BCUT2D eigenvalue weighted by Crippen LogP contribution is -2.22. The molecule has 0 unspecified atom stereocenters. The number of sulfonamides is 1. The zero-order chi connectivity index (χ0) is 23.0. The number of pyridine rings is 1. The van der Waals surface area contributed by atoms with Crippen LogP contribution < -0.4 is 5.43 Å². The van der Waals surface area contributed by atoms with Crippen molar-refractivity contribution in [3.05, 3.63) is 70.3 Å². The third-order valence-electron chi connectivity index (χ3n) is 5.44. The number of hydrogen-bond acceptors (Lipinski definition) is 5. The van der Waals surface area contributed by atoms with Gasteiger partial charge in [-0.05, 0) is 36.8 Å². The summed E-state index contributed by atoms with van der Waals surface area (Å²) in [6.07, 6.45) is 2.42. The molecule has 0 saturated heterocycles. The highest BCUT2D eigenvalue weighted by molar-refractivity contribution is 7.89. The van der Waals surface area contributed by atoms with Crippen molar-refractivity contribution in [1.82, 2.24) is 18.4 Å². The van der Waals surface area contributed by atoms with Gasteiger partial charge >= 0.3 is 0 Å². The van der Waals surface area contributed by atoms with E-state index in [4.69, 9.17) is 4.98 Å². The van der Waals surface area contributed by atoms with E-state index in [0.29, 0.717) is 29.5 Å². The number of aryl methyl sites for hydroxylation is 1. The van der Waals surface area contributed by atoms with Gasteiger partial charge in [-0.25, -0.2) is 17.7 Å². The first-order valence-electron chi connectivity index (χ1n) is 10.2. The number of nitrogens with zero attached hydrogens (tertiary/aromatic N) is 5. The molecule has 164 valence electrons. The lowest BCUT2D eigenvalue weighted by molar-refractivity contribution is 0.521. The van der Waals surface area contributed by atoms with E-state index in [1.54, 1.807) is 36.5 Å². The smallest absolute Gasteiger partial charge is 0.242 e. The number of rotatable bonds is 6. The molecule has 0 N–H and O–H groups in total. The Kier molecular flexibility index (Phi) is 5.59. The van der Waals surface area contributed by atoms with Crippen LogP contribution in [0.15, 0.2) is 58.4 Å². The highest BCUT2D eigenvalue weighted by Crippen LogP contribution is 2.24. The first-order chi connectivity index (χ1) is 15.3. The van der Waals surface area contributed by atoms with Gasteiger partial charge in [0.1, 0.15) is 17.5 Å². The Labute approximate surface area is 186 Å². The molecule has 2 aromatic carbocycles. The quantitative estimate of drug-likeness (QED) is 0.450. The normalized spacial score (nSPS) is 12.0. The van der Waals surface area contributed by atoms with Crippen LogP contribution in [0.2, 0.25) is 0 Å². The second-order valence-corrected chi connectivity index (χ2v) is 9.90. The molecule has 0 amide bonds. The molecular weight excluding hydrogens is 426 g/mol. The second kappa shape index (κ2) is 8.22. The summed E-state index contributed by atoms with van der Waals surface area (Å²) in [4.78, 5) is 17.5. The standard InChI is InChI=1S/C23H23N5O3S/c1-4-11-28-21-10-9-17(32(30,31)26(2)3)12-19(21)25-22(28)15-27-14-16(13-24)23(29)18-7-5-6-8-20(18)27/h5-10,12,14H,4,11,15H2,1-3H3. The molecule has 4 aromatic rings. The Balaban J connectivity index is 1.90. The molecule has 0 saturated carbocycles. The van der Waals surface area contributed by atoms with E-state index in [-0.39, 0.29) is 15.9 Å². The summed E-state index contributed by atoms with van der Waals surface area (Å²) >= 11 is 0. The van der Waals surface area contributed by atoms with E-state index < -0.39 is 10.0 Å². The van der Waals surface area contributed by atoms with E-state index in [1.807, 2.05) is 22.8 Å². The number of imidazole rings is 1. The van der Waals surface area contributed by atoms with E-state index in [2.05, 4.69) is 11.5 Å². The Morgan fingerprint density at radius 3 is 2.56 bits per heavy atom. The molecule has 0 aliphatic rings. The summed E-state index contributed by atoms with van der Waals surface area (Å²) in [6.45, 7) is 3.10. The third kappa shape index (κ3) is 3.57. The van der Waals surface area contributed by atoms with Crippen molar-refractivity contribution in [1.29, 1.82) is 5.26 Å². The largest absolute Gasteiger partial charge is 0.338 e. The number of hydrogen-bond donors (Lipinski definition) is 0. The Bertz CT molecular complexity index is 1540. The average Bonchev–Trinajstić information content (AvgIpc) is 3.12. The minimum absolute atomic E-state index is 0.0706. The van der Waals surface area contributed by atoms with Gasteiger partial charge in [-0.3, -0.25) is 4.79 Å². The summed E-state index contributed by atoms with van der Waals surface area (Å²) in [5.74, 6) is 0.721. The van der Waals surface area contributed by atoms with Crippen LogP contribution in [0.1, 0.15) is 24.7 Å². The number of nitriles is 1. The third-order valence-corrected chi connectivity index (χ3v) is 7.26. The molecule has 0 aliphatic heterocycles. The van der Waals surface area contributed by atoms with Crippen LogP contribution in [0.3, 0.4) is 0 Å². The lowest BCUT2D eigenvalue weighted by Gasteiger charge is -2.13. The van der Waals surface area contributed by atoms with E-state index >= 15 is 0 Å². The monoisotopic (exact) mass is 449 g/mol. The minimum Gasteiger partial charge on any atom is -0.338 e. The Morgan fingerprint density at radius 2 is 1.88 bits per heavy atom. The molecule has 0 atom stereocenters. The van der Waals surface area contributed by atoms with Crippen LogP contribution in [0.25, 0.3) is 21.9 Å². The zero-order valence-corrected chi connectivity index (χ0v) is 18.9. The van der Waals surface area contributed by atoms with Crippen molar-refractivity contribution in [2.24, 2.45) is 0 Å². The topological polar surface area (TPSA) is 101 Å². The average molecular weight is 450 g/mol. The molecule has 9 heteroatoms. The number of fused-ring (bicyclic) bond motifs is 2. The molecule has 0 radical (unpaired) electrons. The molecular formula is C23H23N5O3S. The molecule has 4 rings (SSSR count). The Hall–Kier alpha value is -3.48. The fourth-order valence-electron chi connectivity index (χ4n) is 3.83. The van der Waals surface area contributed by atoms with Gasteiger partial charge < -0.3 is 9.13 Å². The maximum atomic E-state index is 12.6. The predicted molar refractivity (Wildman–Crippen MR) is 123 cm³/mol. The molecule has 0 aliphatic carbocycles. The van der Waals surface area contributed by atoms with Gasteiger partial charge in [-0.1, -0.05) is 19.1 Å².